The van der Waals surface area contributed by atoms with Crippen LogP contribution in [-0.2, 0) is 4.74 Å². The second-order valence-corrected chi connectivity index (χ2v) is 3.81. The Hall–Kier alpha value is -0.0800. The van der Waals surface area contributed by atoms with Crippen LogP contribution in [0.1, 0.15) is 25.7 Å². The van der Waals surface area contributed by atoms with Gasteiger partial charge in [-0.3, -0.25) is 0 Å². The Kier molecular flexibility index (Phi) is 1.46. The second-order valence-electron chi connectivity index (χ2n) is 3.81. The molecule has 1 aliphatic heterocycles. The predicted molar refractivity (Wildman–Crippen MR) is 39.7 cm³/mol. The average Bonchev–Trinajstić information content (AvgIpc) is 2.46. The third-order valence-corrected chi connectivity index (χ3v) is 2.93. The van der Waals surface area contributed by atoms with Crippen molar-refractivity contribution in [3.63, 3.8) is 0 Å². The van der Waals surface area contributed by atoms with Gasteiger partial charge < -0.3 is 10.5 Å². The molecule has 0 aromatic heterocycles. The van der Waals surface area contributed by atoms with Crippen LogP contribution in [0, 0.1) is 5.41 Å². The highest BCUT2D eigenvalue weighted by Gasteiger charge is 2.40. The zero-order valence-electron chi connectivity index (χ0n) is 6.31. The van der Waals surface area contributed by atoms with Crippen molar-refractivity contribution in [1.29, 1.82) is 0 Å². The quantitative estimate of drug-likeness (QED) is 0.544. The van der Waals surface area contributed by atoms with Gasteiger partial charge in [-0.1, -0.05) is 0 Å². The Morgan fingerprint density at radius 1 is 1.40 bits per heavy atom. The van der Waals surface area contributed by atoms with E-state index in [1.165, 1.54) is 25.7 Å². The minimum absolute atomic E-state index is 0.460. The molecule has 0 aromatic carbocycles. The molecule has 10 heavy (non-hydrogen) atoms. The number of rotatable bonds is 0. The molecule has 2 fully saturated rings. The minimum Gasteiger partial charge on any atom is -0.381 e. The summed E-state index contributed by atoms with van der Waals surface area (Å²) in [7, 11) is 0. The SMILES string of the molecule is NC1CCC2(CCOC2)C1. The number of nitrogens with two attached hydrogens (primary N) is 1. The van der Waals surface area contributed by atoms with Gasteiger partial charge in [-0.15, -0.1) is 0 Å². The average molecular weight is 141 g/mol. The Bertz CT molecular complexity index is 129. The Morgan fingerprint density at radius 3 is 2.80 bits per heavy atom. The number of hydrogen-bond donors (Lipinski definition) is 1. The van der Waals surface area contributed by atoms with Crippen LogP contribution in [0.5, 0.6) is 0 Å². The molecule has 2 rings (SSSR count). The lowest BCUT2D eigenvalue weighted by Gasteiger charge is -2.19. The first-order chi connectivity index (χ1) is 4.81. The van der Waals surface area contributed by atoms with E-state index in [0.29, 0.717) is 11.5 Å². The van der Waals surface area contributed by atoms with E-state index >= 15 is 0 Å². The predicted octanol–water partition coefficient (Wildman–Crippen LogP) is 0.904. The third-order valence-electron chi connectivity index (χ3n) is 2.93. The molecule has 0 radical (unpaired) electrons. The monoisotopic (exact) mass is 141 g/mol. The van der Waals surface area contributed by atoms with Crippen LogP contribution in [0.15, 0.2) is 0 Å². The maximum atomic E-state index is 5.83. The van der Waals surface area contributed by atoms with Gasteiger partial charge in [-0.25, -0.2) is 0 Å². The summed E-state index contributed by atoms with van der Waals surface area (Å²) in [5.41, 5.74) is 6.35. The number of hydrogen-bond acceptors (Lipinski definition) is 2. The van der Waals surface area contributed by atoms with Crippen molar-refractivity contribution in [3.8, 4) is 0 Å². The van der Waals surface area contributed by atoms with Crippen molar-refractivity contribution in [1.82, 2.24) is 0 Å². The molecular formula is C8H15NO. The van der Waals surface area contributed by atoms with E-state index in [1.807, 2.05) is 0 Å². The lowest BCUT2D eigenvalue weighted by molar-refractivity contribution is 0.153. The summed E-state index contributed by atoms with van der Waals surface area (Å²) in [4.78, 5) is 0. The maximum Gasteiger partial charge on any atom is 0.0523 e. The standard InChI is InChI=1S/C8H15NO/c9-7-1-2-8(5-7)3-4-10-6-8/h7H,1-6,9H2. The molecule has 0 aromatic rings. The lowest BCUT2D eigenvalue weighted by atomic mass is 9.86. The lowest BCUT2D eigenvalue weighted by Crippen LogP contribution is -2.21. The van der Waals surface area contributed by atoms with E-state index < -0.39 is 0 Å². The van der Waals surface area contributed by atoms with E-state index in [9.17, 15) is 0 Å². The van der Waals surface area contributed by atoms with Gasteiger partial charge in [0.25, 0.3) is 0 Å². The molecule has 2 aliphatic rings. The molecule has 1 spiro atoms. The van der Waals surface area contributed by atoms with Crippen molar-refractivity contribution in [2.24, 2.45) is 11.1 Å². The third kappa shape index (κ3) is 0.956. The first kappa shape index (κ1) is 6.62. The van der Waals surface area contributed by atoms with Crippen LogP contribution >= 0.6 is 0 Å². The Balaban J connectivity index is 2.03. The van der Waals surface area contributed by atoms with Crippen LogP contribution in [0.2, 0.25) is 0 Å². The van der Waals surface area contributed by atoms with Gasteiger partial charge in [0.1, 0.15) is 0 Å². The molecule has 2 atom stereocenters. The molecule has 1 heterocycles. The minimum atomic E-state index is 0.460. The van der Waals surface area contributed by atoms with Gasteiger partial charge in [0, 0.05) is 12.6 Å². The molecule has 1 saturated carbocycles. The zero-order valence-corrected chi connectivity index (χ0v) is 6.31. The largest absolute Gasteiger partial charge is 0.381 e. The Labute approximate surface area is 61.7 Å². The van der Waals surface area contributed by atoms with E-state index in [4.69, 9.17) is 10.5 Å². The van der Waals surface area contributed by atoms with Crippen molar-refractivity contribution in [2.45, 2.75) is 31.7 Å². The molecule has 58 valence electrons. The fourth-order valence-electron chi connectivity index (χ4n) is 2.26. The van der Waals surface area contributed by atoms with Crippen molar-refractivity contribution < 1.29 is 4.74 Å². The van der Waals surface area contributed by atoms with E-state index in [1.54, 1.807) is 0 Å². The van der Waals surface area contributed by atoms with Gasteiger partial charge in [0.15, 0.2) is 0 Å². The normalized spacial score (nSPS) is 47.1. The van der Waals surface area contributed by atoms with E-state index in [-0.39, 0.29) is 0 Å². The van der Waals surface area contributed by atoms with Crippen LogP contribution in [0.4, 0.5) is 0 Å². The van der Waals surface area contributed by atoms with Crippen molar-refractivity contribution >= 4 is 0 Å². The second kappa shape index (κ2) is 2.21. The Morgan fingerprint density at radius 2 is 2.30 bits per heavy atom. The van der Waals surface area contributed by atoms with Gasteiger partial charge in [-0.2, -0.15) is 0 Å². The highest BCUT2D eigenvalue weighted by molar-refractivity contribution is 4.93. The van der Waals surface area contributed by atoms with Crippen LogP contribution < -0.4 is 5.73 Å². The first-order valence-electron chi connectivity index (χ1n) is 4.14. The first-order valence-corrected chi connectivity index (χ1v) is 4.14. The summed E-state index contributed by atoms with van der Waals surface area (Å²) in [6.45, 7) is 1.94. The molecule has 2 N–H and O–H groups in total. The molecule has 0 amide bonds. The van der Waals surface area contributed by atoms with E-state index in [2.05, 4.69) is 0 Å². The van der Waals surface area contributed by atoms with Crippen LogP contribution in [0.25, 0.3) is 0 Å². The zero-order chi connectivity index (χ0) is 7.03. The molecule has 1 saturated heterocycles. The summed E-state index contributed by atoms with van der Waals surface area (Å²) >= 11 is 0. The van der Waals surface area contributed by atoms with Crippen LogP contribution in [-0.4, -0.2) is 19.3 Å². The highest BCUT2D eigenvalue weighted by Crippen LogP contribution is 2.43. The summed E-state index contributed by atoms with van der Waals surface area (Å²) in [5, 5.41) is 0. The molecule has 2 heteroatoms. The molecular weight excluding hydrogens is 126 g/mol. The van der Waals surface area contributed by atoms with E-state index in [0.717, 1.165) is 13.2 Å². The van der Waals surface area contributed by atoms with Crippen molar-refractivity contribution in [2.75, 3.05) is 13.2 Å². The summed E-state index contributed by atoms with van der Waals surface area (Å²) in [6.07, 6.45) is 4.96. The maximum absolute atomic E-state index is 5.83. The summed E-state index contributed by atoms with van der Waals surface area (Å²) < 4.78 is 5.38. The summed E-state index contributed by atoms with van der Waals surface area (Å²) in [6, 6.07) is 0.460. The molecule has 2 nitrogen and oxygen atoms in total. The van der Waals surface area contributed by atoms with Gasteiger partial charge in [0.05, 0.1) is 6.61 Å². The fourth-order valence-corrected chi connectivity index (χ4v) is 2.26. The highest BCUT2D eigenvalue weighted by atomic mass is 16.5. The smallest absolute Gasteiger partial charge is 0.0523 e. The molecule has 2 unspecified atom stereocenters. The van der Waals surface area contributed by atoms with Crippen LogP contribution in [0.3, 0.4) is 0 Å². The van der Waals surface area contributed by atoms with Gasteiger partial charge >= 0.3 is 0 Å². The topological polar surface area (TPSA) is 35.2 Å². The molecule has 0 bridgehead atoms. The summed E-state index contributed by atoms with van der Waals surface area (Å²) in [5.74, 6) is 0. The van der Waals surface area contributed by atoms with Gasteiger partial charge in [0.2, 0.25) is 0 Å². The van der Waals surface area contributed by atoms with Crippen molar-refractivity contribution in [3.05, 3.63) is 0 Å². The number of ether oxygens (including phenoxy) is 1. The fraction of sp³-hybridized carbons (Fsp3) is 1.00. The van der Waals surface area contributed by atoms with Gasteiger partial charge in [-0.05, 0) is 31.1 Å². The molecule has 1 aliphatic carbocycles.